The van der Waals surface area contributed by atoms with Gasteiger partial charge in [-0.05, 0) is 24.6 Å². The number of esters is 1. The average molecular weight is 344 g/mol. The van der Waals surface area contributed by atoms with Crippen LogP contribution in [0, 0.1) is 10.1 Å². The van der Waals surface area contributed by atoms with E-state index in [-0.39, 0.29) is 17.0 Å². The first-order valence-electron chi connectivity index (χ1n) is 7.34. The third-order valence-electron chi connectivity index (χ3n) is 3.36. The van der Waals surface area contributed by atoms with Gasteiger partial charge in [-0.25, -0.2) is 4.79 Å². The fourth-order valence-corrected chi connectivity index (χ4v) is 2.12. The maximum atomic E-state index is 11.9. The Morgan fingerprint density at radius 3 is 2.60 bits per heavy atom. The minimum Gasteiger partial charge on any atom is -0.481 e. The molecular weight excluding hydrogens is 328 g/mol. The summed E-state index contributed by atoms with van der Waals surface area (Å²) in [4.78, 5) is 33.4. The van der Waals surface area contributed by atoms with Crippen molar-refractivity contribution in [3.05, 3.63) is 69.8 Å². The van der Waals surface area contributed by atoms with Crippen molar-refractivity contribution < 1.29 is 24.0 Å². The van der Waals surface area contributed by atoms with Crippen LogP contribution >= 0.6 is 0 Å². The highest BCUT2D eigenvalue weighted by Crippen LogP contribution is 2.22. The predicted octanol–water partition coefficient (Wildman–Crippen LogP) is 2.38. The third kappa shape index (κ3) is 4.77. The molecule has 25 heavy (non-hydrogen) atoms. The van der Waals surface area contributed by atoms with E-state index >= 15 is 0 Å². The Morgan fingerprint density at radius 2 is 1.92 bits per heavy atom. The minimum absolute atomic E-state index is 0.0907. The van der Waals surface area contributed by atoms with Crippen LogP contribution in [-0.4, -0.2) is 23.4 Å². The first-order valence-corrected chi connectivity index (χ1v) is 7.34. The Kier molecular flexibility index (Phi) is 5.67. The highest BCUT2D eigenvalue weighted by atomic mass is 16.6. The number of benzene rings is 2. The molecule has 0 aliphatic carbocycles. The second kappa shape index (κ2) is 7.91. The van der Waals surface area contributed by atoms with Crippen LogP contribution in [0.2, 0.25) is 0 Å². The zero-order chi connectivity index (χ0) is 18.4. The first kappa shape index (κ1) is 17.9. The Bertz CT molecular complexity index is 805. The van der Waals surface area contributed by atoms with Gasteiger partial charge in [0.1, 0.15) is 11.9 Å². The third-order valence-corrected chi connectivity index (χ3v) is 3.36. The monoisotopic (exact) mass is 344 g/mol. The molecule has 0 saturated carbocycles. The molecule has 2 rings (SSSR count). The topological polar surface area (TPSA) is 122 Å². The van der Waals surface area contributed by atoms with Gasteiger partial charge in [-0.15, -0.1) is 0 Å². The number of nitro groups is 1. The van der Waals surface area contributed by atoms with Gasteiger partial charge in [0.25, 0.3) is 11.6 Å². The number of hydrogen-bond donors (Lipinski definition) is 1. The molecular formula is C17H16N2O6. The van der Waals surface area contributed by atoms with E-state index in [1.807, 2.05) is 0 Å². The van der Waals surface area contributed by atoms with E-state index in [4.69, 9.17) is 15.2 Å². The lowest BCUT2D eigenvalue weighted by Gasteiger charge is -2.14. The molecule has 2 aromatic rings. The molecule has 1 atom stereocenters. The number of primary amides is 1. The summed E-state index contributed by atoms with van der Waals surface area (Å²) in [6.45, 7) is 1.16. The van der Waals surface area contributed by atoms with Crippen LogP contribution in [0.5, 0.6) is 5.75 Å². The van der Waals surface area contributed by atoms with Crippen LogP contribution in [-0.2, 0) is 9.53 Å². The fraction of sp³-hybridized carbons (Fsp3) is 0.176. The second-order valence-corrected chi connectivity index (χ2v) is 5.13. The summed E-state index contributed by atoms with van der Waals surface area (Å²) >= 11 is 0. The summed E-state index contributed by atoms with van der Waals surface area (Å²) in [5.41, 5.74) is 5.78. The summed E-state index contributed by atoms with van der Waals surface area (Å²) in [5.74, 6) is -1.18. The Balaban J connectivity index is 1.97. The molecule has 0 aromatic heterocycles. The van der Waals surface area contributed by atoms with Gasteiger partial charge in [-0.3, -0.25) is 14.9 Å². The molecule has 0 unspecified atom stereocenters. The average Bonchev–Trinajstić information content (AvgIpc) is 2.60. The normalized spacial score (nSPS) is 11.4. The largest absolute Gasteiger partial charge is 0.481 e. The highest BCUT2D eigenvalue weighted by molar-refractivity contribution is 5.95. The zero-order valence-corrected chi connectivity index (χ0v) is 13.4. The number of para-hydroxylation sites is 1. The number of nitro benzene ring substituents is 1. The number of amides is 1. The van der Waals surface area contributed by atoms with Gasteiger partial charge in [0.2, 0.25) is 0 Å². The highest BCUT2D eigenvalue weighted by Gasteiger charge is 2.16. The summed E-state index contributed by atoms with van der Waals surface area (Å²) < 4.78 is 10.5. The fourth-order valence-electron chi connectivity index (χ4n) is 2.12. The molecule has 2 N–H and O–H groups in total. The summed E-state index contributed by atoms with van der Waals surface area (Å²) in [6, 6.07) is 12.1. The summed E-state index contributed by atoms with van der Waals surface area (Å²) in [7, 11) is 0. The number of ether oxygens (including phenoxy) is 2. The van der Waals surface area contributed by atoms with Gasteiger partial charge < -0.3 is 15.2 Å². The predicted molar refractivity (Wildman–Crippen MR) is 88.1 cm³/mol. The van der Waals surface area contributed by atoms with E-state index in [0.717, 1.165) is 0 Å². The number of carbonyl (C=O) groups excluding carboxylic acids is 2. The molecule has 0 fully saturated rings. The lowest BCUT2D eigenvalue weighted by molar-refractivity contribution is -0.385. The maximum absolute atomic E-state index is 11.9. The smallest absolute Gasteiger partial charge is 0.344 e. The molecule has 0 aliphatic rings. The lowest BCUT2D eigenvalue weighted by Crippen LogP contribution is -2.19. The molecule has 0 saturated heterocycles. The van der Waals surface area contributed by atoms with Crippen molar-refractivity contribution in [2.75, 3.05) is 6.61 Å². The minimum atomic E-state index is -0.692. The number of hydrogen-bond acceptors (Lipinski definition) is 6. The standard InChI is InChI=1S/C17H16N2O6/c1-11(12-5-4-6-13(9-12)19(22)23)25-16(20)10-24-15-8-3-2-7-14(15)17(18)21/h2-9,11H,10H2,1H3,(H2,18,21)/t11-/m0/s1. The van der Waals surface area contributed by atoms with Gasteiger partial charge in [-0.2, -0.15) is 0 Å². The Labute approximate surface area is 143 Å². The van der Waals surface area contributed by atoms with E-state index in [0.29, 0.717) is 5.56 Å². The van der Waals surface area contributed by atoms with Gasteiger partial charge in [0.15, 0.2) is 6.61 Å². The van der Waals surface area contributed by atoms with Gasteiger partial charge in [-0.1, -0.05) is 24.3 Å². The molecule has 8 nitrogen and oxygen atoms in total. The van der Waals surface area contributed by atoms with Crippen LogP contribution in [0.4, 0.5) is 5.69 Å². The number of nitrogens with zero attached hydrogens (tertiary/aromatic N) is 1. The molecule has 0 spiro atoms. The Hall–Kier alpha value is -3.42. The van der Waals surface area contributed by atoms with Crippen molar-refractivity contribution in [2.45, 2.75) is 13.0 Å². The molecule has 0 aliphatic heterocycles. The summed E-state index contributed by atoms with van der Waals surface area (Å²) in [5, 5.41) is 10.8. The van der Waals surface area contributed by atoms with Gasteiger partial charge in [0.05, 0.1) is 10.5 Å². The SMILES string of the molecule is C[C@H](OC(=O)COc1ccccc1C(N)=O)c1cccc([N+](=O)[O-])c1. The van der Waals surface area contributed by atoms with Crippen molar-refractivity contribution >= 4 is 17.6 Å². The second-order valence-electron chi connectivity index (χ2n) is 5.13. The zero-order valence-electron chi connectivity index (χ0n) is 13.4. The van der Waals surface area contributed by atoms with Crippen LogP contribution in [0.15, 0.2) is 48.5 Å². The quantitative estimate of drug-likeness (QED) is 0.467. The lowest BCUT2D eigenvalue weighted by atomic mass is 10.1. The van der Waals surface area contributed by atoms with Crippen LogP contribution in [0.1, 0.15) is 28.9 Å². The van der Waals surface area contributed by atoms with Gasteiger partial charge >= 0.3 is 5.97 Å². The Morgan fingerprint density at radius 1 is 1.20 bits per heavy atom. The maximum Gasteiger partial charge on any atom is 0.344 e. The number of non-ortho nitro benzene ring substituents is 1. The molecule has 2 aromatic carbocycles. The van der Waals surface area contributed by atoms with Crippen LogP contribution in [0.3, 0.4) is 0 Å². The number of rotatable bonds is 7. The van der Waals surface area contributed by atoms with Crippen LogP contribution < -0.4 is 10.5 Å². The molecule has 1 amide bonds. The van der Waals surface area contributed by atoms with E-state index in [2.05, 4.69) is 0 Å². The summed E-state index contributed by atoms with van der Waals surface area (Å²) in [6.07, 6.45) is -0.692. The molecule has 0 heterocycles. The van der Waals surface area contributed by atoms with Crippen molar-refractivity contribution in [2.24, 2.45) is 5.73 Å². The van der Waals surface area contributed by atoms with E-state index < -0.39 is 29.5 Å². The van der Waals surface area contributed by atoms with E-state index in [1.54, 1.807) is 25.1 Å². The molecule has 8 heteroatoms. The van der Waals surface area contributed by atoms with E-state index in [9.17, 15) is 19.7 Å². The van der Waals surface area contributed by atoms with Crippen molar-refractivity contribution in [3.63, 3.8) is 0 Å². The molecule has 0 bridgehead atoms. The van der Waals surface area contributed by atoms with Crippen molar-refractivity contribution in [1.29, 1.82) is 0 Å². The number of carbonyl (C=O) groups is 2. The van der Waals surface area contributed by atoms with Gasteiger partial charge in [0, 0.05) is 12.1 Å². The number of nitrogens with two attached hydrogens (primary N) is 1. The molecule has 130 valence electrons. The van der Waals surface area contributed by atoms with Crippen LogP contribution in [0.25, 0.3) is 0 Å². The van der Waals surface area contributed by atoms with E-state index in [1.165, 1.54) is 30.3 Å². The van der Waals surface area contributed by atoms with Crippen molar-refractivity contribution in [1.82, 2.24) is 0 Å². The first-order chi connectivity index (χ1) is 11.9. The van der Waals surface area contributed by atoms with Crippen molar-refractivity contribution in [3.8, 4) is 5.75 Å². The molecule has 0 radical (unpaired) electrons.